The lowest BCUT2D eigenvalue weighted by molar-refractivity contribution is 0.137. The molecule has 0 spiro atoms. The van der Waals surface area contributed by atoms with Gasteiger partial charge >= 0.3 is 0 Å². The predicted octanol–water partition coefficient (Wildman–Crippen LogP) is 2.69. The fourth-order valence-corrected chi connectivity index (χ4v) is 2.55. The van der Waals surface area contributed by atoms with Crippen molar-refractivity contribution in [1.29, 1.82) is 0 Å². The van der Waals surface area contributed by atoms with E-state index < -0.39 is 0 Å². The Hall–Kier alpha value is -0.840. The molecule has 1 saturated heterocycles. The highest BCUT2D eigenvalue weighted by Crippen LogP contribution is 2.18. The molecule has 2 atom stereocenters. The first-order valence-corrected chi connectivity index (χ1v) is 7.01. The summed E-state index contributed by atoms with van der Waals surface area (Å²) in [4.78, 5) is 2.40. The fraction of sp³-hybridized carbons (Fsp3) is 0.600. The van der Waals surface area contributed by atoms with Crippen molar-refractivity contribution in [3.63, 3.8) is 0 Å². The minimum atomic E-state index is -0.233. The molecule has 114 valence electrons. The number of likely N-dealkylation sites (tertiary alicyclic amines) is 1. The molecular weight excluding hydrogens is 279 g/mol. The van der Waals surface area contributed by atoms with Crippen molar-refractivity contribution in [3.05, 3.63) is 30.1 Å². The second kappa shape index (κ2) is 8.45. The van der Waals surface area contributed by atoms with Crippen LogP contribution >= 0.6 is 12.4 Å². The maximum absolute atomic E-state index is 12.7. The normalized spacial score (nSPS) is 21.1. The number of nitrogens with zero attached hydrogens (tertiary/aromatic N) is 1. The van der Waals surface area contributed by atoms with E-state index in [9.17, 15) is 4.39 Å². The zero-order valence-corrected chi connectivity index (χ0v) is 12.7. The number of halogens is 2. The van der Waals surface area contributed by atoms with Gasteiger partial charge in [0.05, 0.1) is 0 Å². The zero-order valence-electron chi connectivity index (χ0n) is 11.9. The van der Waals surface area contributed by atoms with Gasteiger partial charge < -0.3 is 10.5 Å². The highest BCUT2D eigenvalue weighted by atomic mass is 35.5. The van der Waals surface area contributed by atoms with Gasteiger partial charge in [-0.3, -0.25) is 4.90 Å². The van der Waals surface area contributed by atoms with Crippen LogP contribution in [0, 0.1) is 11.7 Å². The minimum absolute atomic E-state index is 0. The van der Waals surface area contributed by atoms with Crippen LogP contribution in [0.25, 0.3) is 0 Å². The minimum Gasteiger partial charge on any atom is -0.492 e. The second-order valence-electron chi connectivity index (χ2n) is 5.36. The van der Waals surface area contributed by atoms with E-state index in [-0.39, 0.29) is 24.3 Å². The summed E-state index contributed by atoms with van der Waals surface area (Å²) in [6, 6.07) is 6.43. The molecule has 0 aromatic heterocycles. The molecule has 1 aliphatic rings. The Morgan fingerprint density at radius 3 is 2.75 bits per heavy atom. The number of rotatable bonds is 5. The molecule has 2 N–H and O–H groups in total. The van der Waals surface area contributed by atoms with Gasteiger partial charge in [0.15, 0.2) is 0 Å². The summed E-state index contributed by atoms with van der Waals surface area (Å²) in [6.07, 6.45) is 2.44. The molecular formula is C15H24ClFN2O. The average Bonchev–Trinajstić information content (AvgIpc) is 2.41. The van der Waals surface area contributed by atoms with E-state index >= 15 is 0 Å². The first-order valence-electron chi connectivity index (χ1n) is 7.01. The van der Waals surface area contributed by atoms with Crippen LogP contribution in [0.1, 0.15) is 19.8 Å². The van der Waals surface area contributed by atoms with Crippen LogP contribution < -0.4 is 10.5 Å². The van der Waals surface area contributed by atoms with Crippen molar-refractivity contribution in [1.82, 2.24) is 4.90 Å². The van der Waals surface area contributed by atoms with E-state index in [4.69, 9.17) is 10.5 Å². The van der Waals surface area contributed by atoms with E-state index in [0.29, 0.717) is 12.5 Å². The molecule has 1 fully saturated rings. The molecule has 0 aliphatic carbocycles. The smallest absolute Gasteiger partial charge is 0.123 e. The number of hydrogen-bond acceptors (Lipinski definition) is 3. The molecule has 2 unspecified atom stereocenters. The highest BCUT2D eigenvalue weighted by Gasteiger charge is 2.22. The van der Waals surface area contributed by atoms with Crippen LogP contribution in [0.15, 0.2) is 24.3 Å². The summed E-state index contributed by atoms with van der Waals surface area (Å²) in [6.45, 7) is 5.81. The Kier molecular flexibility index (Phi) is 7.27. The molecule has 1 heterocycles. The summed E-state index contributed by atoms with van der Waals surface area (Å²) in [5.74, 6) is 1.09. The van der Waals surface area contributed by atoms with E-state index in [0.717, 1.165) is 25.4 Å². The molecule has 0 bridgehead atoms. The fourth-order valence-electron chi connectivity index (χ4n) is 2.55. The molecule has 0 saturated carbocycles. The summed E-state index contributed by atoms with van der Waals surface area (Å²) >= 11 is 0. The number of nitrogens with two attached hydrogens (primary N) is 1. The molecule has 1 aromatic rings. The van der Waals surface area contributed by atoms with Gasteiger partial charge in [0.1, 0.15) is 18.2 Å². The lowest BCUT2D eigenvalue weighted by atomic mass is 9.92. The lowest BCUT2D eigenvalue weighted by Gasteiger charge is -2.34. The van der Waals surface area contributed by atoms with Gasteiger partial charge in [-0.05, 0) is 56.5 Å². The van der Waals surface area contributed by atoms with Crippen molar-refractivity contribution in [3.8, 4) is 5.75 Å². The van der Waals surface area contributed by atoms with Gasteiger partial charge in [0.25, 0.3) is 0 Å². The molecule has 20 heavy (non-hydrogen) atoms. The van der Waals surface area contributed by atoms with Gasteiger partial charge in [-0.2, -0.15) is 0 Å². The van der Waals surface area contributed by atoms with E-state index in [2.05, 4.69) is 11.8 Å². The van der Waals surface area contributed by atoms with Crippen LogP contribution in [0.3, 0.4) is 0 Å². The number of hydrogen-bond donors (Lipinski definition) is 1. The SMILES string of the molecule is CC(N)C1CCCN(CCOc2ccc(F)cc2)C1.Cl. The number of piperidine rings is 1. The zero-order chi connectivity index (χ0) is 13.7. The Bertz CT molecular complexity index is 386. The largest absolute Gasteiger partial charge is 0.492 e. The third-order valence-corrected chi connectivity index (χ3v) is 3.78. The van der Waals surface area contributed by atoms with Crippen molar-refractivity contribution in [2.75, 3.05) is 26.2 Å². The van der Waals surface area contributed by atoms with Crippen LogP contribution in [0.4, 0.5) is 4.39 Å². The van der Waals surface area contributed by atoms with E-state index in [1.54, 1.807) is 12.1 Å². The maximum atomic E-state index is 12.7. The molecule has 0 radical (unpaired) electrons. The Morgan fingerprint density at radius 2 is 2.10 bits per heavy atom. The van der Waals surface area contributed by atoms with Gasteiger partial charge in [-0.15, -0.1) is 12.4 Å². The van der Waals surface area contributed by atoms with Crippen LogP contribution in [-0.4, -0.2) is 37.2 Å². The van der Waals surface area contributed by atoms with Crippen LogP contribution in [0.2, 0.25) is 0 Å². The second-order valence-corrected chi connectivity index (χ2v) is 5.36. The third-order valence-electron chi connectivity index (χ3n) is 3.78. The summed E-state index contributed by atoms with van der Waals surface area (Å²) in [5, 5.41) is 0. The van der Waals surface area contributed by atoms with Gasteiger partial charge in [-0.1, -0.05) is 0 Å². The van der Waals surface area contributed by atoms with E-state index in [1.165, 1.54) is 25.0 Å². The topological polar surface area (TPSA) is 38.5 Å². The van der Waals surface area contributed by atoms with Gasteiger partial charge in [0, 0.05) is 19.1 Å². The monoisotopic (exact) mass is 302 g/mol. The Morgan fingerprint density at radius 1 is 1.40 bits per heavy atom. The number of ether oxygens (including phenoxy) is 1. The van der Waals surface area contributed by atoms with Gasteiger partial charge in [0.2, 0.25) is 0 Å². The Labute approximate surface area is 126 Å². The summed E-state index contributed by atoms with van der Waals surface area (Å²) in [5.41, 5.74) is 5.97. The number of benzene rings is 1. The van der Waals surface area contributed by atoms with Crippen molar-refractivity contribution in [2.24, 2.45) is 11.7 Å². The molecule has 0 amide bonds. The quantitative estimate of drug-likeness (QED) is 0.909. The summed E-state index contributed by atoms with van der Waals surface area (Å²) < 4.78 is 18.4. The first-order chi connectivity index (χ1) is 9.15. The molecule has 1 aliphatic heterocycles. The lowest BCUT2D eigenvalue weighted by Crippen LogP contribution is -2.43. The van der Waals surface area contributed by atoms with Crippen LogP contribution in [0.5, 0.6) is 5.75 Å². The Balaban J connectivity index is 0.00000200. The van der Waals surface area contributed by atoms with Crippen molar-refractivity contribution < 1.29 is 9.13 Å². The third kappa shape index (κ3) is 5.27. The van der Waals surface area contributed by atoms with Crippen LogP contribution in [-0.2, 0) is 0 Å². The van der Waals surface area contributed by atoms with Crippen molar-refractivity contribution in [2.45, 2.75) is 25.8 Å². The summed E-state index contributed by atoms with van der Waals surface area (Å²) in [7, 11) is 0. The average molecular weight is 303 g/mol. The standard InChI is InChI=1S/C15H23FN2O.ClH/c1-12(17)13-3-2-8-18(11-13)9-10-19-15-6-4-14(16)5-7-15;/h4-7,12-13H,2-3,8-11,17H2,1H3;1H. The predicted molar refractivity (Wildman–Crippen MR) is 82.0 cm³/mol. The molecule has 5 heteroatoms. The first kappa shape index (κ1) is 17.2. The molecule has 3 nitrogen and oxygen atoms in total. The molecule has 2 rings (SSSR count). The highest BCUT2D eigenvalue weighted by molar-refractivity contribution is 5.85. The molecule has 1 aromatic carbocycles. The van der Waals surface area contributed by atoms with E-state index in [1.807, 2.05) is 0 Å². The van der Waals surface area contributed by atoms with Gasteiger partial charge in [-0.25, -0.2) is 4.39 Å². The maximum Gasteiger partial charge on any atom is 0.123 e. The van der Waals surface area contributed by atoms with Crippen molar-refractivity contribution >= 4 is 12.4 Å².